The van der Waals surface area contributed by atoms with Crippen molar-refractivity contribution in [3.8, 4) is 0 Å². The molecular weight excluding hydrogens is 338 g/mol. The number of nitro groups is 1. The Hall–Kier alpha value is -1.57. The van der Waals surface area contributed by atoms with Crippen molar-refractivity contribution in [1.82, 2.24) is 5.32 Å². The molecule has 0 saturated carbocycles. The van der Waals surface area contributed by atoms with Crippen LogP contribution in [0.3, 0.4) is 0 Å². The van der Waals surface area contributed by atoms with Gasteiger partial charge in [-0.05, 0) is 11.5 Å². The summed E-state index contributed by atoms with van der Waals surface area (Å²) in [5.74, 6) is -3.62. The number of rotatable bonds is 5. The summed E-state index contributed by atoms with van der Waals surface area (Å²) in [4.78, 5) is 21.4. The second-order valence-electron chi connectivity index (χ2n) is 4.99. The summed E-state index contributed by atoms with van der Waals surface area (Å²) in [6.45, 7) is 3.84. The fourth-order valence-corrected chi connectivity index (χ4v) is 1.54. The van der Waals surface area contributed by atoms with Crippen LogP contribution in [0.4, 0.5) is 14.5 Å². The van der Waals surface area contributed by atoms with Gasteiger partial charge in [-0.1, -0.05) is 29.8 Å². The lowest BCUT2D eigenvalue weighted by Gasteiger charge is -2.21. The Balaban J connectivity index is 3.04. The topological polar surface area (TPSA) is 72.2 Å². The van der Waals surface area contributed by atoms with Gasteiger partial charge >= 0.3 is 5.69 Å². The van der Waals surface area contributed by atoms with Crippen molar-refractivity contribution >= 4 is 27.5 Å². The molecule has 8 heteroatoms. The monoisotopic (exact) mass is 350 g/mol. The number of hydrogen-bond donors (Lipinski definition) is 1. The van der Waals surface area contributed by atoms with E-state index >= 15 is 0 Å². The van der Waals surface area contributed by atoms with Gasteiger partial charge in [0.1, 0.15) is 11.4 Å². The van der Waals surface area contributed by atoms with Gasteiger partial charge in [-0.15, -0.1) is 0 Å². The van der Waals surface area contributed by atoms with Crippen LogP contribution in [0.1, 0.15) is 24.2 Å². The van der Waals surface area contributed by atoms with Crippen LogP contribution >= 0.6 is 15.9 Å². The van der Waals surface area contributed by atoms with Crippen LogP contribution in [0.2, 0.25) is 0 Å². The molecule has 0 unspecified atom stereocenters. The Labute approximate surface area is 122 Å². The van der Waals surface area contributed by atoms with Gasteiger partial charge in [0.05, 0.1) is 4.92 Å². The van der Waals surface area contributed by atoms with E-state index in [0.717, 1.165) is 0 Å². The van der Waals surface area contributed by atoms with Gasteiger partial charge in [0.2, 0.25) is 5.82 Å². The Bertz CT molecular complexity index is 550. The average molecular weight is 351 g/mol. The molecule has 5 nitrogen and oxygen atoms in total. The average Bonchev–Trinajstić information content (AvgIpc) is 2.36. The number of carbonyl (C=O) groups excluding carboxylic acids is 1. The molecule has 0 atom stereocenters. The van der Waals surface area contributed by atoms with E-state index < -0.39 is 33.7 Å². The van der Waals surface area contributed by atoms with Crippen molar-refractivity contribution in [3.63, 3.8) is 0 Å². The first-order chi connectivity index (χ1) is 9.19. The van der Waals surface area contributed by atoms with Gasteiger partial charge in [-0.25, -0.2) is 4.39 Å². The number of amides is 1. The van der Waals surface area contributed by atoms with Gasteiger partial charge in [-0.3, -0.25) is 14.9 Å². The minimum Gasteiger partial charge on any atom is -0.351 e. The highest BCUT2D eigenvalue weighted by Gasteiger charge is 2.27. The molecule has 0 aromatic heterocycles. The number of nitro benzene ring substituents is 1. The number of halogens is 3. The highest BCUT2D eigenvalue weighted by atomic mass is 79.9. The van der Waals surface area contributed by atoms with Crippen molar-refractivity contribution in [2.24, 2.45) is 5.41 Å². The van der Waals surface area contributed by atoms with E-state index in [1.807, 2.05) is 13.8 Å². The molecule has 110 valence electrons. The summed E-state index contributed by atoms with van der Waals surface area (Å²) in [6, 6.07) is 1.38. The normalized spacial score (nSPS) is 11.2. The number of benzene rings is 1. The molecule has 0 aliphatic rings. The first-order valence-electron chi connectivity index (χ1n) is 5.66. The minimum atomic E-state index is -1.47. The maximum Gasteiger partial charge on any atom is 0.305 e. The van der Waals surface area contributed by atoms with Gasteiger partial charge in [0, 0.05) is 17.9 Å². The standard InChI is InChI=1S/C12H13BrF2N2O3/c1-12(2,5-13)6-16-11(18)9-7(14)3-4-8(10(9)15)17(19)20/h3-4H,5-6H2,1-2H3,(H,16,18). The predicted molar refractivity (Wildman–Crippen MR) is 72.9 cm³/mol. The first kappa shape index (κ1) is 16.5. The fourth-order valence-electron chi connectivity index (χ4n) is 1.35. The predicted octanol–water partition coefficient (Wildman–Crippen LogP) is 3.02. The fraction of sp³-hybridized carbons (Fsp3) is 0.417. The molecule has 0 saturated heterocycles. The number of nitrogens with zero attached hydrogens (tertiary/aromatic N) is 1. The number of nitrogens with one attached hydrogen (secondary N) is 1. The number of alkyl halides is 1. The third-order valence-electron chi connectivity index (χ3n) is 2.58. The van der Waals surface area contributed by atoms with Crippen LogP contribution in [0.25, 0.3) is 0 Å². The summed E-state index contributed by atoms with van der Waals surface area (Å²) in [5, 5.41) is 13.5. The Morgan fingerprint density at radius 3 is 2.55 bits per heavy atom. The Kier molecular flexibility index (Phi) is 5.15. The molecule has 1 aromatic carbocycles. The maximum atomic E-state index is 13.8. The SMILES string of the molecule is CC(C)(CBr)CNC(=O)c1c(F)ccc([N+](=O)[O-])c1F. The molecule has 1 aromatic rings. The zero-order chi connectivity index (χ0) is 15.5. The summed E-state index contributed by atoms with van der Waals surface area (Å²) in [7, 11) is 0. The lowest BCUT2D eigenvalue weighted by atomic mass is 9.96. The Morgan fingerprint density at radius 2 is 2.05 bits per heavy atom. The van der Waals surface area contributed by atoms with Crippen molar-refractivity contribution in [2.45, 2.75) is 13.8 Å². The van der Waals surface area contributed by atoms with E-state index in [1.165, 1.54) is 0 Å². The zero-order valence-electron chi connectivity index (χ0n) is 10.9. The third-order valence-corrected chi connectivity index (χ3v) is 4.10. The molecule has 0 aliphatic heterocycles. The number of carbonyl (C=O) groups is 1. The molecule has 1 rings (SSSR count). The second-order valence-corrected chi connectivity index (χ2v) is 5.55. The van der Waals surface area contributed by atoms with Gasteiger partial charge in [-0.2, -0.15) is 4.39 Å². The van der Waals surface area contributed by atoms with E-state index in [1.54, 1.807) is 0 Å². The van der Waals surface area contributed by atoms with Crippen LogP contribution < -0.4 is 5.32 Å². The molecule has 0 heterocycles. The van der Waals surface area contributed by atoms with Crippen molar-refractivity contribution < 1.29 is 18.5 Å². The van der Waals surface area contributed by atoms with E-state index in [-0.39, 0.29) is 12.0 Å². The van der Waals surface area contributed by atoms with Crippen LogP contribution in [-0.4, -0.2) is 22.7 Å². The zero-order valence-corrected chi connectivity index (χ0v) is 12.5. The maximum absolute atomic E-state index is 13.8. The molecule has 0 bridgehead atoms. The summed E-state index contributed by atoms with van der Waals surface area (Å²) in [6.07, 6.45) is 0. The number of hydrogen-bond acceptors (Lipinski definition) is 3. The van der Waals surface area contributed by atoms with E-state index in [9.17, 15) is 23.7 Å². The van der Waals surface area contributed by atoms with Crippen molar-refractivity contribution in [3.05, 3.63) is 39.4 Å². The van der Waals surface area contributed by atoms with Gasteiger partial charge in [0.25, 0.3) is 5.91 Å². The van der Waals surface area contributed by atoms with Crippen molar-refractivity contribution in [2.75, 3.05) is 11.9 Å². The van der Waals surface area contributed by atoms with E-state index in [2.05, 4.69) is 21.2 Å². The van der Waals surface area contributed by atoms with Crippen molar-refractivity contribution in [1.29, 1.82) is 0 Å². The second kappa shape index (κ2) is 6.25. The molecular formula is C12H13BrF2N2O3. The molecule has 0 fully saturated rings. The van der Waals surface area contributed by atoms with E-state index in [4.69, 9.17) is 0 Å². The van der Waals surface area contributed by atoms with Crippen LogP contribution in [0.5, 0.6) is 0 Å². The Morgan fingerprint density at radius 1 is 1.45 bits per heavy atom. The van der Waals surface area contributed by atoms with E-state index in [0.29, 0.717) is 17.5 Å². The van der Waals surface area contributed by atoms with Crippen LogP contribution in [-0.2, 0) is 0 Å². The van der Waals surface area contributed by atoms with Crippen LogP contribution in [0, 0.1) is 27.2 Å². The highest BCUT2D eigenvalue weighted by molar-refractivity contribution is 9.09. The van der Waals surface area contributed by atoms with Crippen LogP contribution in [0.15, 0.2) is 12.1 Å². The lowest BCUT2D eigenvalue weighted by molar-refractivity contribution is -0.387. The smallest absolute Gasteiger partial charge is 0.305 e. The summed E-state index contributed by atoms with van der Waals surface area (Å²) in [5.41, 5.74) is -2.19. The molecule has 0 aliphatic carbocycles. The first-order valence-corrected chi connectivity index (χ1v) is 6.78. The summed E-state index contributed by atoms with van der Waals surface area (Å²) >= 11 is 3.25. The molecule has 0 radical (unpaired) electrons. The molecule has 1 N–H and O–H groups in total. The minimum absolute atomic E-state index is 0.165. The highest BCUT2D eigenvalue weighted by Crippen LogP contribution is 2.23. The molecule has 20 heavy (non-hydrogen) atoms. The van der Waals surface area contributed by atoms with Gasteiger partial charge < -0.3 is 5.32 Å². The summed E-state index contributed by atoms with van der Waals surface area (Å²) < 4.78 is 27.3. The lowest BCUT2D eigenvalue weighted by Crippen LogP contribution is -2.35. The molecule has 1 amide bonds. The molecule has 0 spiro atoms. The van der Waals surface area contributed by atoms with Gasteiger partial charge in [0.15, 0.2) is 0 Å². The largest absolute Gasteiger partial charge is 0.351 e. The third kappa shape index (κ3) is 3.72. The quantitative estimate of drug-likeness (QED) is 0.504.